The molecule has 6 heteroatoms. The van der Waals surface area contributed by atoms with Gasteiger partial charge in [-0.3, -0.25) is 5.10 Å². The van der Waals surface area contributed by atoms with Gasteiger partial charge in [0.2, 0.25) is 10.0 Å². The van der Waals surface area contributed by atoms with Gasteiger partial charge in [-0.25, -0.2) is 13.1 Å². The summed E-state index contributed by atoms with van der Waals surface area (Å²) in [6.45, 7) is 4.48. The van der Waals surface area contributed by atoms with E-state index in [1.165, 1.54) is 0 Å². The van der Waals surface area contributed by atoms with Crippen LogP contribution >= 0.6 is 0 Å². The van der Waals surface area contributed by atoms with Gasteiger partial charge >= 0.3 is 0 Å². The van der Waals surface area contributed by atoms with Crippen molar-refractivity contribution in [3.8, 4) is 0 Å². The van der Waals surface area contributed by atoms with Crippen LogP contribution in [0.5, 0.6) is 0 Å². The van der Waals surface area contributed by atoms with Crippen molar-refractivity contribution in [1.29, 1.82) is 0 Å². The van der Waals surface area contributed by atoms with Crippen LogP contribution in [0.15, 0.2) is 41.4 Å². The van der Waals surface area contributed by atoms with Crippen molar-refractivity contribution in [2.45, 2.75) is 31.7 Å². The Morgan fingerprint density at radius 2 is 1.90 bits per heavy atom. The Balaban J connectivity index is 2.05. The predicted octanol–water partition coefficient (Wildman–Crippen LogP) is 2.09. The summed E-state index contributed by atoms with van der Waals surface area (Å²) in [6, 6.07) is 8.75. The van der Waals surface area contributed by atoms with Crippen LogP contribution in [0.4, 0.5) is 0 Å². The number of benzene rings is 1. The van der Waals surface area contributed by atoms with Gasteiger partial charge in [-0.1, -0.05) is 26.0 Å². The molecule has 0 radical (unpaired) electrons. The first kappa shape index (κ1) is 14.7. The molecule has 20 heavy (non-hydrogen) atoms. The molecule has 0 unspecified atom stereocenters. The number of aromatic nitrogens is 2. The molecule has 1 aromatic carbocycles. The van der Waals surface area contributed by atoms with Crippen LogP contribution in [0.3, 0.4) is 0 Å². The minimum absolute atomic E-state index is 0.204. The van der Waals surface area contributed by atoms with E-state index in [0.717, 1.165) is 17.7 Å². The summed E-state index contributed by atoms with van der Waals surface area (Å²) >= 11 is 0. The number of nitrogens with zero attached hydrogens (tertiary/aromatic N) is 1. The van der Waals surface area contributed by atoms with Crippen molar-refractivity contribution < 1.29 is 8.42 Å². The first-order valence-corrected chi connectivity index (χ1v) is 8.02. The topological polar surface area (TPSA) is 74.8 Å². The molecule has 1 heterocycles. The van der Waals surface area contributed by atoms with E-state index in [1.54, 1.807) is 24.4 Å². The molecule has 5 nitrogen and oxygen atoms in total. The first-order valence-electron chi connectivity index (χ1n) is 6.54. The second-order valence-electron chi connectivity index (χ2n) is 5.15. The maximum atomic E-state index is 12.1. The van der Waals surface area contributed by atoms with Crippen molar-refractivity contribution in [2.24, 2.45) is 5.92 Å². The van der Waals surface area contributed by atoms with Gasteiger partial charge in [-0.2, -0.15) is 5.10 Å². The molecule has 2 aromatic rings. The molecule has 108 valence electrons. The number of hydrogen-bond donors (Lipinski definition) is 2. The average Bonchev–Trinajstić information content (AvgIpc) is 2.89. The lowest BCUT2D eigenvalue weighted by Crippen LogP contribution is -2.23. The molecule has 0 aliphatic carbocycles. The van der Waals surface area contributed by atoms with Gasteiger partial charge in [0.15, 0.2) is 0 Å². The van der Waals surface area contributed by atoms with Crippen LogP contribution in [0, 0.1) is 5.92 Å². The van der Waals surface area contributed by atoms with Crippen LogP contribution in [0.25, 0.3) is 0 Å². The third kappa shape index (κ3) is 3.91. The van der Waals surface area contributed by atoms with Crippen LogP contribution in [-0.4, -0.2) is 18.6 Å². The normalized spacial score (nSPS) is 11.9. The molecule has 0 amide bonds. The van der Waals surface area contributed by atoms with E-state index in [-0.39, 0.29) is 11.4 Å². The number of nitrogens with one attached hydrogen (secondary N) is 2. The molecule has 2 N–H and O–H groups in total. The van der Waals surface area contributed by atoms with E-state index in [2.05, 4.69) is 28.8 Å². The minimum Gasteiger partial charge on any atom is -0.281 e. The zero-order chi connectivity index (χ0) is 14.6. The Hall–Kier alpha value is -1.66. The second kappa shape index (κ2) is 6.19. The number of sulfonamides is 1. The maximum Gasteiger partial charge on any atom is 0.240 e. The summed E-state index contributed by atoms with van der Waals surface area (Å²) in [5.41, 5.74) is 1.87. The Morgan fingerprint density at radius 3 is 2.45 bits per heavy atom. The molecule has 0 saturated heterocycles. The van der Waals surface area contributed by atoms with Gasteiger partial charge in [0, 0.05) is 6.20 Å². The second-order valence-corrected chi connectivity index (χ2v) is 6.92. The molecular formula is C14H19N3O2S. The molecule has 2 rings (SSSR count). The van der Waals surface area contributed by atoms with E-state index in [9.17, 15) is 8.42 Å². The third-order valence-electron chi connectivity index (χ3n) is 2.89. The highest BCUT2D eigenvalue weighted by Gasteiger charge is 2.13. The highest BCUT2D eigenvalue weighted by atomic mass is 32.2. The van der Waals surface area contributed by atoms with E-state index in [4.69, 9.17) is 0 Å². The van der Waals surface area contributed by atoms with Crippen molar-refractivity contribution in [3.05, 3.63) is 47.8 Å². The fourth-order valence-electron chi connectivity index (χ4n) is 1.92. The summed E-state index contributed by atoms with van der Waals surface area (Å²) in [5.74, 6) is 0.552. The Bertz CT molecular complexity index is 632. The SMILES string of the molecule is CC(C)Cc1ccc(S(=O)(=O)NCc2ccn[nH]2)cc1. The lowest BCUT2D eigenvalue weighted by Gasteiger charge is -2.08. The third-order valence-corrected chi connectivity index (χ3v) is 4.31. The summed E-state index contributed by atoms with van der Waals surface area (Å²) in [6.07, 6.45) is 2.53. The van der Waals surface area contributed by atoms with E-state index >= 15 is 0 Å². The molecule has 0 fully saturated rings. The van der Waals surface area contributed by atoms with Gasteiger partial charge in [0.1, 0.15) is 0 Å². The standard InChI is InChI=1S/C14H19N3O2S/c1-11(2)9-12-3-5-14(6-4-12)20(18,19)16-10-13-7-8-15-17-13/h3-8,11,16H,9-10H2,1-2H3,(H,15,17). The average molecular weight is 293 g/mol. The van der Waals surface area contributed by atoms with Crippen molar-refractivity contribution in [1.82, 2.24) is 14.9 Å². The lowest BCUT2D eigenvalue weighted by atomic mass is 10.0. The van der Waals surface area contributed by atoms with E-state index in [0.29, 0.717) is 5.92 Å². The van der Waals surface area contributed by atoms with Gasteiger partial charge < -0.3 is 0 Å². The van der Waals surface area contributed by atoms with Gasteiger partial charge in [-0.15, -0.1) is 0 Å². The molecule has 0 saturated carbocycles. The zero-order valence-electron chi connectivity index (χ0n) is 11.6. The highest BCUT2D eigenvalue weighted by molar-refractivity contribution is 7.89. The predicted molar refractivity (Wildman–Crippen MR) is 77.6 cm³/mol. The number of rotatable bonds is 6. The molecule has 0 bridgehead atoms. The molecule has 1 aromatic heterocycles. The number of aromatic amines is 1. The monoisotopic (exact) mass is 293 g/mol. The summed E-state index contributed by atoms with van der Waals surface area (Å²) in [5, 5.41) is 6.49. The number of hydrogen-bond acceptors (Lipinski definition) is 3. The number of H-pyrrole nitrogens is 1. The molecule has 0 spiro atoms. The van der Waals surface area contributed by atoms with Crippen molar-refractivity contribution >= 4 is 10.0 Å². The van der Waals surface area contributed by atoms with Gasteiger partial charge in [0.05, 0.1) is 17.1 Å². The van der Waals surface area contributed by atoms with E-state index < -0.39 is 10.0 Å². The van der Waals surface area contributed by atoms with Crippen LogP contribution < -0.4 is 4.72 Å². The highest BCUT2D eigenvalue weighted by Crippen LogP contribution is 2.13. The Kier molecular flexibility index (Phi) is 4.57. The quantitative estimate of drug-likeness (QED) is 0.856. The largest absolute Gasteiger partial charge is 0.281 e. The first-order chi connectivity index (χ1) is 9.47. The van der Waals surface area contributed by atoms with Crippen molar-refractivity contribution in [2.75, 3.05) is 0 Å². The zero-order valence-corrected chi connectivity index (χ0v) is 12.4. The van der Waals surface area contributed by atoms with Crippen LogP contribution in [-0.2, 0) is 23.0 Å². The molecule has 0 aliphatic rings. The molecule has 0 atom stereocenters. The molecular weight excluding hydrogens is 274 g/mol. The fourth-order valence-corrected chi connectivity index (χ4v) is 2.92. The molecule has 0 aliphatic heterocycles. The Labute approximate surface area is 119 Å². The summed E-state index contributed by atoms with van der Waals surface area (Å²) in [4.78, 5) is 0.282. The summed E-state index contributed by atoms with van der Waals surface area (Å²) < 4.78 is 26.8. The fraction of sp³-hybridized carbons (Fsp3) is 0.357. The Morgan fingerprint density at radius 1 is 1.20 bits per heavy atom. The van der Waals surface area contributed by atoms with Crippen molar-refractivity contribution in [3.63, 3.8) is 0 Å². The lowest BCUT2D eigenvalue weighted by molar-refractivity contribution is 0.580. The maximum absolute atomic E-state index is 12.1. The van der Waals surface area contributed by atoms with Gasteiger partial charge in [-0.05, 0) is 36.1 Å². The van der Waals surface area contributed by atoms with Gasteiger partial charge in [0.25, 0.3) is 0 Å². The van der Waals surface area contributed by atoms with E-state index in [1.807, 2.05) is 12.1 Å². The smallest absolute Gasteiger partial charge is 0.240 e. The summed E-state index contributed by atoms with van der Waals surface area (Å²) in [7, 11) is -3.48. The van der Waals surface area contributed by atoms with Crippen LogP contribution in [0.2, 0.25) is 0 Å². The minimum atomic E-state index is -3.48. The van der Waals surface area contributed by atoms with Crippen LogP contribution in [0.1, 0.15) is 25.1 Å².